The normalized spacial score (nSPS) is 17.2. The second-order valence-electron chi connectivity index (χ2n) is 7.39. The van der Waals surface area contributed by atoms with Gasteiger partial charge in [0.05, 0.1) is 34.8 Å². The summed E-state index contributed by atoms with van der Waals surface area (Å²) in [6.45, 7) is 4.47. The Morgan fingerprint density at radius 3 is 2.73 bits per heavy atom. The first-order valence-corrected chi connectivity index (χ1v) is 12.0. The Bertz CT molecular complexity index is 1030. The summed E-state index contributed by atoms with van der Waals surface area (Å²) in [6, 6.07) is 13.6. The first kappa shape index (κ1) is 21.2. The van der Waals surface area contributed by atoms with Gasteiger partial charge in [0.2, 0.25) is 0 Å². The molecule has 160 valence electrons. The average Bonchev–Trinajstić information content (AvgIpc) is 3.17. The van der Waals surface area contributed by atoms with E-state index in [2.05, 4.69) is 20.9 Å². The van der Waals surface area contributed by atoms with Crippen molar-refractivity contribution in [2.75, 3.05) is 44.7 Å². The number of piperazine rings is 1. The molecule has 1 aliphatic rings. The number of thiazole rings is 1. The van der Waals surface area contributed by atoms with Crippen LogP contribution >= 0.6 is 11.3 Å². The number of ether oxygens (including phenoxy) is 1. The number of hydrogen-bond acceptors (Lipinski definition) is 7. The summed E-state index contributed by atoms with van der Waals surface area (Å²) in [5.74, 6) is 1.03. The maximum atomic E-state index is 11.1. The van der Waals surface area contributed by atoms with Crippen molar-refractivity contribution in [1.29, 1.82) is 0 Å². The van der Waals surface area contributed by atoms with Crippen LogP contribution in [-0.2, 0) is 16.8 Å². The van der Waals surface area contributed by atoms with E-state index >= 15 is 0 Å². The van der Waals surface area contributed by atoms with Crippen molar-refractivity contribution in [2.24, 2.45) is 5.73 Å². The van der Waals surface area contributed by atoms with E-state index in [-0.39, 0.29) is 11.8 Å². The van der Waals surface area contributed by atoms with E-state index in [1.54, 1.807) is 18.4 Å². The molecular weight excluding hydrogens is 420 g/mol. The number of fused-ring (bicyclic) bond motifs is 1. The van der Waals surface area contributed by atoms with Gasteiger partial charge in [-0.2, -0.15) is 0 Å². The fraction of sp³-hybridized carbons (Fsp3) is 0.381. The molecule has 1 fully saturated rings. The largest absolute Gasteiger partial charge is 0.495 e. The zero-order valence-electron chi connectivity index (χ0n) is 16.9. The molecule has 2 unspecified atom stereocenters. The van der Waals surface area contributed by atoms with Crippen LogP contribution in [-0.4, -0.2) is 58.5 Å². The van der Waals surface area contributed by atoms with E-state index in [0.29, 0.717) is 0 Å². The Morgan fingerprint density at radius 1 is 1.23 bits per heavy atom. The Balaban J connectivity index is 1.37. The van der Waals surface area contributed by atoms with Gasteiger partial charge in [-0.1, -0.05) is 18.2 Å². The van der Waals surface area contributed by atoms with Crippen molar-refractivity contribution in [3.63, 3.8) is 0 Å². The van der Waals surface area contributed by atoms with Crippen molar-refractivity contribution < 1.29 is 13.5 Å². The smallest absolute Gasteiger partial charge is 0.157 e. The summed E-state index contributed by atoms with van der Waals surface area (Å²) in [5.41, 5.74) is 9.34. The highest BCUT2D eigenvalue weighted by atomic mass is 32.2. The molecule has 2 aromatic carbocycles. The second kappa shape index (κ2) is 9.40. The van der Waals surface area contributed by atoms with Gasteiger partial charge in [0, 0.05) is 32.7 Å². The van der Waals surface area contributed by atoms with Crippen molar-refractivity contribution in [2.45, 2.75) is 11.8 Å². The first-order valence-electron chi connectivity index (χ1n) is 9.86. The minimum absolute atomic E-state index is 0.131. The zero-order chi connectivity index (χ0) is 21.1. The van der Waals surface area contributed by atoms with Crippen LogP contribution in [0.15, 0.2) is 42.5 Å². The van der Waals surface area contributed by atoms with Gasteiger partial charge in [0.15, 0.2) is 11.1 Å². The van der Waals surface area contributed by atoms with Crippen molar-refractivity contribution in [3.8, 4) is 5.75 Å². The van der Waals surface area contributed by atoms with Gasteiger partial charge >= 0.3 is 0 Å². The van der Waals surface area contributed by atoms with Gasteiger partial charge in [0.1, 0.15) is 10.8 Å². The molecule has 1 aromatic heterocycles. The van der Waals surface area contributed by atoms with Gasteiger partial charge in [-0.05, 0) is 29.8 Å². The average molecular weight is 447 g/mol. The molecule has 30 heavy (non-hydrogen) atoms. The second-order valence-corrected chi connectivity index (χ2v) is 9.38. The van der Waals surface area contributed by atoms with E-state index in [1.165, 1.54) is 0 Å². The molecule has 9 heteroatoms. The number of methoxy groups -OCH3 is 1. The molecule has 1 aliphatic heterocycles. The maximum Gasteiger partial charge on any atom is 0.157 e. The fourth-order valence-corrected chi connectivity index (χ4v) is 5.28. The van der Waals surface area contributed by atoms with Crippen LogP contribution in [0.1, 0.15) is 16.6 Å². The van der Waals surface area contributed by atoms with Crippen LogP contribution in [0.4, 0.5) is 5.69 Å². The molecule has 3 N–H and O–H groups in total. The summed E-state index contributed by atoms with van der Waals surface area (Å²) < 4.78 is 26.6. The van der Waals surface area contributed by atoms with E-state index in [1.807, 2.05) is 36.4 Å². The van der Waals surface area contributed by atoms with E-state index < -0.39 is 11.1 Å². The van der Waals surface area contributed by atoms with Gasteiger partial charge < -0.3 is 19.9 Å². The lowest BCUT2D eigenvalue weighted by Crippen LogP contribution is -2.48. The minimum atomic E-state index is -1.84. The molecule has 0 aliphatic carbocycles. The number of nitrogens with two attached hydrogens (primary N) is 1. The third kappa shape index (κ3) is 4.81. The molecule has 4 rings (SSSR count). The maximum absolute atomic E-state index is 11.1. The van der Waals surface area contributed by atoms with Crippen LogP contribution in [0.5, 0.6) is 5.75 Å². The summed E-state index contributed by atoms with van der Waals surface area (Å²) in [5, 5.41) is 0.902. The Morgan fingerprint density at radius 2 is 2.00 bits per heavy atom. The highest BCUT2D eigenvalue weighted by molar-refractivity contribution is 7.78. The summed E-state index contributed by atoms with van der Waals surface area (Å²) >= 11 is -0.277. The molecule has 0 bridgehead atoms. The predicted molar refractivity (Wildman–Crippen MR) is 123 cm³/mol. The molecule has 2 heterocycles. The molecule has 0 spiro atoms. The Hall–Kier alpha value is -2.04. The van der Waals surface area contributed by atoms with Gasteiger partial charge in [-0.25, -0.2) is 9.19 Å². The highest BCUT2D eigenvalue weighted by Crippen LogP contribution is 2.30. The molecule has 3 aromatic rings. The Kier molecular flexibility index (Phi) is 6.64. The lowest BCUT2D eigenvalue weighted by Gasteiger charge is -2.37. The van der Waals surface area contributed by atoms with E-state index in [4.69, 9.17) is 15.0 Å². The highest BCUT2D eigenvalue weighted by Gasteiger charge is 2.22. The van der Waals surface area contributed by atoms with Crippen LogP contribution in [0, 0.1) is 0 Å². The minimum Gasteiger partial charge on any atom is -0.495 e. The SMILES string of the molecule is COc1ccccc1N1CCN(CC(N)c2nc3ccc(CS(=O)O)cc3s2)CC1. The third-order valence-electron chi connectivity index (χ3n) is 5.33. The Labute approximate surface area is 182 Å². The van der Waals surface area contributed by atoms with Gasteiger partial charge in [-0.15, -0.1) is 11.3 Å². The quantitative estimate of drug-likeness (QED) is 0.539. The van der Waals surface area contributed by atoms with Crippen molar-refractivity contribution >= 4 is 38.3 Å². The standard InChI is InChI=1S/C21H26N4O3S2/c1-28-19-5-3-2-4-18(19)25-10-8-24(9-11-25)13-16(22)21-23-17-7-6-15(14-30(26)27)12-20(17)29-21/h2-7,12,16H,8-11,13-14,22H2,1H3,(H,26,27). The van der Waals surface area contributed by atoms with Crippen molar-refractivity contribution in [3.05, 3.63) is 53.0 Å². The number of nitrogens with zero attached hydrogens (tertiary/aromatic N) is 3. The fourth-order valence-electron chi connectivity index (χ4n) is 3.80. The van der Waals surface area contributed by atoms with E-state index in [0.717, 1.165) is 64.9 Å². The summed E-state index contributed by atoms with van der Waals surface area (Å²) in [6.07, 6.45) is 0. The summed E-state index contributed by atoms with van der Waals surface area (Å²) in [4.78, 5) is 9.42. The first-order chi connectivity index (χ1) is 14.5. The van der Waals surface area contributed by atoms with Crippen LogP contribution in [0.3, 0.4) is 0 Å². The molecule has 0 amide bonds. The number of para-hydroxylation sites is 2. The molecule has 0 saturated carbocycles. The number of benzene rings is 2. The molecule has 7 nitrogen and oxygen atoms in total. The monoisotopic (exact) mass is 446 g/mol. The van der Waals surface area contributed by atoms with Gasteiger partial charge in [-0.3, -0.25) is 4.90 Å². The van der Waals surface area contributed by atoms with Gasteiger partial charge in [0.25, 0.3) is 0 Å². The van der Waals surface area contributed by atoms with Crippen LogP contribution < -0.4 is 15.4 Å². The third-order valence-corrected chi connectivity index (χ3v) is 7.06. The lowest BCUT2D eigenvalue weighted by atomic mass is 10.2. The number of hydrogen-bond donors (Lipinski definition) is 2. The van der Waals surface area contributed by atoms with Crippen LogP contribution in [0.25, 0.3) is 10.2 Å². The predicted octanol–water partition coefficient (Wildman–Crippen LogP) is 2.85. The van der Waals surface area contributed by atoms with E-state index in [9.17, 15) is 4.21 Å². The molecule has 2 atom stereocenters. The van der Waals surface area contributed by atoms with Crippen LogP contribution in [0.2, 0.25) is 0 Å². The number of aromatic nitrogens is 1. The number of anilines is 1. The molecular formula is C21H26N4O3S2. The molecule has 0 radical (unpaired) electrons. The topological polar surface area (TPSA) is 91.9 Å². The summed E-state index contributed by atoms with van der Waals surface area (Å²) in [7, 11) is 1.71. The lowest BCUT2D eigenvalue weighted by molar-refractivity contribution is 0.242. The van der Waals surface area contributed by atoms with Crippen molar-refractivity contribution in [1.82, 2.24) is 9.88 Å². The zero-order valence-corrected chi connectivity index (χ0v) is 18.5. The number of rotatable bonds is 7. The molecule has 1 saturated heterocycles.